The van der Waals surface area contributed by atoms with Crippen molar-refractivity contribution in [3.05, 3.63) is 41.3 Å². The fraction of sp³-hybridized carbons (Fsp3) is 0.438. The van der Waals surface area contributed by atoms with Crippen molar-refractivity contribution in [3.63, 3.8) is 0 Å². The van der Waals surface area contributed by atoms with Crippen LogP contribution in [0.25, 0.3) is 0 Å². The summed E-state index contributed by atoms with van der Waals surface area (Å²) in [5.41, 5.74) is 1.20. The Morgan fingerprint density at radius 2 is 2.04 bits per heavy atom. The van der Waals surface area contributed by atoms with Crippen molar-refractivity contribution in [2.45, 2.75) is 19.1 Å². The zero-order valence-corrected chi connectivity index (χ0v) is 13.1. The van der Waals surface area contributed by atoms with Crippen molar-refractivity contribution in [2.24, 2.45) is 11.8 Å². The molecule has 25 heavy (non-hydrogen) atoms. The lowest BCUT2D eigenvalue weighted by Gasteiger charge is -2.22. The van der Waals surface area contributed by atoms with Gasteiger partial charge < -0.3 is 15.1 Å². The van der Waals surface area contributed by atoms with Crippen LogP contribution in [-0.2, 0) is 13.2 Å². The third-order valence-corrected chi connectivity index (χ3v) is 4.94. The summed E-state index contributed by atoms with van der Waals surface area (Å²) in [6.45, 7) is 0.513. The van der Waals surface area contributed by atoms with Gasteiger partial charge in [-0.3, -0.25) is 4.68 Å². The number of alkyl halides is 2. The SMILES string of the molecule is O=C(O)c1cnn(Cc2ccc(N3CC4C(C3)C4(F)F)nc2CO)c1. The molecule has 9 heteroatoms. The van der Waals surface area contributed by atoms with Gasteiger partial charge in [0.15, 0.2) is 0 Å². The first-order valence-electron chi connectivity index (χ1n) is 7.88. The summed E-state index contributed by atoms with van der Waals surface area (Å²) >= 11 is 0. The van der Waals surface area contributed by atoms with Crippen LogP contribution in [0.3, 0.4) is 0 Å². The molecule has 0 spiro atoms. The molecule has 2 aromatic rings. The van der Waals surface area contributed by atoms with Crippen molar-refractivity contribution in [1.82, 2.24) is 14.8 Å². The van der Waals surface area contributed by atoms with Gasteiger partial charge in [0, 0.05) is 19.3 Å². The molecule has 2 N–H and O–H groups in total. The number of aromatic nitrogens is 3. The van der Waals surface area contributed by atoms with Gasteiger partial charge in [0.05, 0.1) is 42.4 Å². The lowest BCUT2D eigenvalue weighted by Crippen LogP contribution is -2.28. The fourth-order valence-electron chi connectivity index (χ4n) is 3.41. The molecule has 2 unspecified atom stereocenters. The molecule has 2 aliphatic rings. The molecule has 2 fully saturated rings. The molecule has 0 aromatic carbocycles. The van der Waals surface area contributed by atoms with E-state index >= 15 is 0 Å². The molecule has 2 atom stereocenters. The molecule has 7 nitrogen and oxygen atoms in total. The van der Waals surface area contributed by atoms with Crippen LogP contribution in [0, 0.1) is 11.8 Å². The molecule has 2 aromatic heterocycles. The van der Waals surface area contributed by atoms with Gasteiger partial charge in [-0.05, 0) is 11.6 Å². The van der Waals surface area contributed by atoms with E-state index in [0.717, 1.165) is 0 Å². The Bertz CT molecular complexity index is 825. The van der Waals surface area contributed by atoms with Crippen LogP contribution in [-0.4, -0.2) is 50.0 Å². The first-order valence-corrected chi connectivity index (χ1v) is 7.88. The Morgan fingerprint density at radius 3 is 2.64 bits per heavy atom. The Hall–Kier alpha value is -2.55. The molecule has 1 aliphatic carbocycles. The van der Waals surface area contributed by atoms with Crippen LogP contribution in [0.2, 0.25) is 0 Å². The zero-order valence-electron chi connectivity index (χ0n) is 13.1. The van der Waals surface area contributed by atoms with Crippen molar-refractivity contribution in [3.8, 4) is 0 Å². The summed E-state index contributed by atoms with van der Waals surface area (Å²) in [7, 11) is 0. The quantitative estimate of drug-likeness (QED) is 0.842. The lowest BCUT2D eigenvalue weighted by atomic mass is 10.2. The van der Waals surface area contributed by atoms with Gasteiger partial charge in [-0.15, -0.1) is 0 Å². The zero-order chi connectivity index (χ0) is 17.8. The highest BCUT2D eigenvalue weighted by Gasteiger charge is 2.71. The second-order valence-electron chi connectivity index (χ2n) is 6.46. The molecular weight excluding hydrogens is 334 g/mol. The monoisotopic (exact) mass is 350 g/mol. The van der Waals surface area contributed by atoms with E-state index in [-0.39, 0.29) is 31.8 Å². The maximum atomic E-state index is 13.3. The molecule has 1 aliphatic heterocycles. The minimum Gasteiger partial charge on any atom is -0.478 e. The number of pyridine rings is 1. The maximum absolute atomic E-state index is 13.3. The highest BCUT2D eigenvalue weighted by Crippen LogP contribution is 2.59. The van der Waals surface area contributed by atoms with Crippen molar-refractivity contribution < 1.29 is 23.8 Å². The molecule has 0 radical (unpaired) electrons. The van der Waals surface area contributed by atoms with E-state index in [0.29, 0.717) is 17.1 Å². The Balaban J connectivity index is 1.51. The van der Waals surface area contributed by atoms with E-state index in [1.54, 1.807) is 12.1 Å². The number of carboxylic acid groups (broad SMARTS) is 1. The molecule has 1 saturated heterocycles. The maximum Gasteiger partial charge on any atom is 0.338 e. The number of halogens is 2. The number of fused-ring (bicyclic) bond motifs is 1. The number of hydrogen-bond acceptors (Lipinski definition) is 5. The highest BCUT2D eigenvalue weighted by atomic mass is 19.3. The van der Waals surface area contributed by atoms with Crippen LogP contribution in [0.5, 0.6) is 0 Å². The summed E-state index contributed by atoms with van der Waals surface area (Å²) in [5.74, 6) is -4.22. The molecule has 132 valence electrons. The molecule has 0 bridgehead atoms. The number of aliphatic hydroxyl groups is 1. The first kappa shape index (κ1) is 15.9. The van der Waals surface area contributed by atoms with Gasteiger partial charge in [-0.2, -0.15) is 5.10 Å². The average molecular weight is 350 g/mol. The van der Waals surface area contributed by atoms with Crippen LogP contribution in [0.15, 0.2) is 24.5 Å². The van der Waals surface area contributed by atoms with Gasteiger partial charge in [0.1, 0.15) is 5.82 Å². The summed E-state index contributed by atoms with van der Waals surface area (Å²) in [5, 5.41) is 22.5. The largest absolute Gasteiger partial charge is 0.478 e. The summed E-state index contributed by atoms with van der Waals surface area (Å²) in [6.07, 6.45) is 2.65. The Kier molecular flexibility index (Phi) is 3.50. The number of anilines is 1. The normalized spacial score (nSPS) is 23.6. The number of hydrogen-bond donors (Lipinski definition) is 2. The Morgan fingerprint density at radius 1 is 1.32 bits per heavy atom. The highest BCUT2D eigenvalue weighted by molar-refractivity contribution is 5.86. The number of carboxylic acids is 1. The van der Waals surface area contributed by atoms with E-state index in [2.05, 4.69) is 10.1 Å². The topological polar surface area (TPSA) is 91.5 Å². The lowest BCUT2D eigenvalue weighted by molar-refractivity contribution is 0.0696. The minimum atomic E-state index is -2.54. The number of aromatic carboxylic acids is 1. The van der Waals surface area contributed by atoms with E-state index < -0.39 is 23.7 Å². The summed E-state index contributed by atoms with van der Waals surface area (Å²) < 4.78 is 28.1. The van der Waals surface area contributed by atoms with Crippen LogP contribution in [0.1, 0.15) is 21.6 Å². The smallest absolute Gasteiger partial charge is 0.338 e. The van der Waals surface area contributed by atoms with Gasteiger partial charge >= 0.3 is 5.97 Å². The molecule has 0 amide bonds. The summed E-state index contributed by atoms with van der Waals surface area (Å²) in [6, 6.07) is 3.50. The number of piperidine rings is 1. The fourth-order valence-corrected chi connectivity index (χ4v) is 3.41. The van der Waals surface area contributed by atoms with Gasteiger partial charge in [0.25, 0.3) is 5.92 Å². The second kappa shape index (κ2) is 5.48. The van der Waals surface area contributed by atoms with Crippen molar-refractivity contribution in [2.75, 3.05) is 18.0 Å². The predicted molar refractivity (Wildman–Crippen MR) is 82.6 cm³/mol. The predicted octanol–water partition coefficient (Wildman–Crippen LogP) is 1.22. The number of rotatable bonds is 5. The second-order valence-corrected chi connectivity index (χ2v) is 6.46. The van der Waals surface area contributed by atoms with E-state index in [1.165, 1.54) is 17.1 Å². The molecule has 4 rings (SSSR count). The first-order chi connectivity index (χ1) is 11.9. The van der Waals surface area contributed by atoms with Gasteiger partial charge in [-0.1, -0.05) is 6.07 Å². The van der Waals surface area contributed by atoms with Crippen LogP contribution >= 0.6 is 0 Å². The van der Waals surface area contributed by atoms with E-state index in [4.69, 9.17) is 5.11 Å². The number of nitrogens with zero attached hydrogens (tertiary/aromatic N) is 4. The standard InChI is InChI=1S/C16H16F2N4O3/c17-16(18)11-6-21(7-12(11)16)14-2-1-9(13(8-23)20-14)4-22-5-10(3-19-22)15(24)25/h1-3,5,11-12,23H,4,6-8H2,(H,24,25). The average Bonchev–Trinajstić information content (AvgIpc) is 3.05. The minimum absolute atomic E-state index is 0.0762. The third kappa shape index (κ3) is 2.64. The van der Waals surface area contributed by atoms with Crippen LogP contribution in [0.4, 0.5) is 14.6 Å². The van der Waals surface area contributed by atoms with Crippen molar-refractivity contribution >= 4 is 11.8 Å². The molecular formula is C16H16F2N4O3. The summed E-state index contributed by atoms with van der Waals surface area (Å²) in [4.78, 5) is 17.1. The van der Waals surface area contributed by atoms with Crippen molar-refractivity contribution in [1.29, 1.82) is 0 Å². The van der Waals surface area contributed by atoms with Crippen LogP contribution < -0.4 is 4.90 Å². The third-order valence-electron chi connectivity index (χ3n) is 4.94. The van der Waals surface area contributed by atoms with Gasteiger partial charge in [-0.25, -0.2) is 18.6 Å². The molecule has 1 saturated carbocycles. The number of aliphatic hydroxyl groups excluding tert-OH is 1. The number of carbonyl (C=O) groups is 1. The van der Waals surface area contributed by atoms with E-state index in [1.807, 2.05) is 4.90 Å². The molecule has 3 heterocycles. The Labute approximate surface area is 141 Å². The van der Waals surface area contributed by atoms with E-state index in [9.17, 15) is 18.7 Å². The van der Waals surface area contributed by atoms with Gasteiger partial charge in [0.2, 0.25) is 0 Å².